The van der Waals surface area contributed by atoms with E-state index in [1.54, 1.807) is 13.8 Å². The fraction of sp³-hybridized carbons (Fsp3) is 0.583. The summed E-state index contributed by atoms with van der Waals surface area (Å²) in [5.41, 5.74) is 4.37. The number of aromatic nitrogens is 1. The summed E-state index contributed by atoms with van der Waals surface area (Å²) < 4.78 is 28.5. The molecule has 0 fully saturated rings. The van der Waals surface area contributed by atoms with Gasteiger partial charge < -0.3 is 15.4 Å². The molecule has 1 amide bonds. The molecule has 1 aromatic rings. The van der Waals surface area contributed by atoms with E-state index >= 15 is 0 Å². The Balaban J connectivity index is 3.17. The summed E-state index contributed by atoms with van der Waals surface area (Å²) in [6.07, 6.45) is 2.22. The molecular weight excluding hydrogens is 282 g/mol. The highest BCUT2D eigenvalue weighted by molar-refractivity contribution is 7.89. The van der Waals surface area contributed by atoms with Crippen LogP contribution in [-0.2, 0) is 17.1 Å². The van der Waals surface area contributed by atoms with Gasteiger partial charge in [-0.2, -0.15) is 0 Å². The lowest BCUT2D eigenvalue weighted by molar-refractivity contribution is 0.0992. The van der Waals surface area contributed by atoms with Gasteiger partial charge in [-0.25, -0.2) is 13.1 Å². The maximum atomic E-state index is 12.3. The van der Waals surface area contributed by atoms with Crippen LogP contribution in [0.25, 0.3) is 0 Å². The number of primary amides is 1. The molecule has 1 heterocycles. The molecule has 8 heteroatoms. The molecule has 114 valence electrons. The number of carbonyl (C=O) groups excluding carboxylic acids is 1. The van der Waals surface area contributed by atoms with Crippen molar-refractivity contribution >= 4 is 15.9 Å². The molecule has 4 N–H and O–H groups in total. The van der Waals surface area contributed by atoms with Gasteiger partial charge in [0.25, 0.3) is 5.91 Å². The summed E-state index contributed by atoms with van der Waals surface area (Å²) >= 11 is 0. The summed E-state index contributed by atoms with van der Waals surface area (Å²) in [6.45, 7) is 3.29. The maximum absolute atomic E-state index is 12.3. The van der Waals surface area contributed by atoms with Crippen molar-refractivity contribution in [2.75, 3.05) is 6.61 Å². The zero-order valence-corrected chi connectivity index (χ0v) is 12.7. The van der Waals surface area contributed by atoms with Crippen molar-refractivity contribution in [1.29, 1.82) is 0 Å². The third-order valence-corrected chi connectivity index (χ3v) is 5.10. The molecule has 0 spiro atoms. The lowest BCUT2D eigenvalue weighted by Crippen LogP contribution is -2.50. The molecule has 1 aromatic heterocycles. The molecule has 0 aromatic carbocycles. The summed E-state index contributed by atoms with van der Waals surface area (Å²) in [5, 5.41) is 9.43. The molecule has 0 bridgehead atoms. The summed E-state index contributed by atoms with van der Waals surface area (Å²) in [4.78, 5) is 11.1. The van der Waals surface area contributed by atoms with E-state index in [2.05, 4.69) is 4.72 Å². The molecule has 0 unspecified atom stereocenters. The predicted molar refractivity (Wildman–Crippen MR) is 74.7 cm³/mol. The summed E-state index contributed by atoms with van der Waals surface area (Å²) in [6, 6.07) is 1.22. The highest BCUT2D eigenvalue weighted by atomic mass is 32.2. The molecule has 0 radical (unpaired) electrons. The van der Waals surface area contributed by atoms with Gasteiger partial charge in [0, 0.05) is 13.2 Å². The van der Waals surface area contributed by atoms with Gasteiger partial charge in [0.15, 0.2) is 0 Å². The van der Waals surface area contributed by atoms with Gasteiger partial charge in [0.05, 0.1) is 12.1 Å². The number of nitrogens with one attached hydrogen (secondary N) is 1. The zero-order chi connectivity index (χ0) is 15.6. The Morgan fingerprint density at radius 1 is 1.45 bits per heavy atom. The van der Waals surface area contributed by atoms with E-state index in [0.29, 0.717) is 12.8 Å². The van der Waals surface area contributed by atoms with Gasteiger partial charge in [-0.1, -0.05) is 13.8 Å². The second kappa shape index (κ2) is 5.94. The van der Waals surface area contributed by atoms with Gasteiger partial charge in [-0.05, 0) is 18.9 Å². The minimum Gasteiger partial charge on any atom is -0.394 e. The van der Waals surface area contributed by atoms with E-state index in [9.17, 15) is 18.3 Å². The van der Waals surface area contributed by atoms with E-state index < -0.39 is 21.5 Å². The molecule has 0 saturated heterocycles. The van der Waals surface area contributed by atoms with Gasteiger partial charge in [0.2, 0.25) is 10.0 Å². The van der Waals surface area contributed by atoms with Gasteiger partial charge in [0.1, 0.15) is 10.6 Å². The van der Waals surface area contributed by atoms with E-state index in [1.807, 2.05) is 0 Å². The van der Waals surface area contributed by atoms with Crippen LogP contribution in [0.2, 0.25) is 0 Å². The number of aliphatic hydroxyl groups is 1. The van der Waals surface area contributed by atoms with Gasteiger partial charge in [-0.15, -0.1) is 0 Å². The number of carbonyl (C=O) groups is 1. The molecular formula is C12H21N3O4S. The average molecular weight is 303 g/mol. The van der Waals surface area contributed by atoms with E-state index in [1.165, 1.54) is 23.9 Å². The van der Waals surface area contributed by atoms with E-state index in [4.69, 9.17) is 5.73 Å². The molecule has 0 saturated carbocycles. The third-order valence-electron chi connectivity index (χ3n) is 3.55. The largest absolute Gasteiger partial charge is 0.394 e. The van der Waals surface area contributed by atoms with Crippen LogP contribution in [0.3, 0.4) is 0 Å². The topological polar surface area (TPSA) is 114 Å². The van der Waals surface area contributed by atoms with E-state index in [-0.39, 0.29) is 17.2 Å². The Morgan fingerprint density at radius 3 is 2.35 bits per heavy atom. The van der Waals surface area contributed by atoms with Crippen molar-refractivity contribution in [3.63, 3.8) is 0 Å². The number of hydrogen-bond donors (Lipinski definition) is 3. The number of sulfonamides is 1. The molecule has 7 nitrogen and oxygen atoms in total. The van der Waals surface area contributed by atoms with Crippen LogP contribution in [0.15, 0.2) is 17.2 Å². The minimum atomic E-state index is -3.83. The van der Waals surface area contributed by atoms with Crippen molar-refractivity contribution in [2.24, 2.45) is 12.8 Å². The first-order valence-corrected chi connectivity index (χ1v) is 7.80. The number of nitrogens with zero attached hydrogens (tertiary/aromatic N) is 1. The number of rotatable bonds is 7. The quantitative estimate of drug-likeness (QED) is 0.655. The first-order chi connectivity index (χ1) is 9.21. The van der Waals surface area contributed by atoms with Crippen LogP contribution in [0, 0.1) is 0 Å². The SMILES string of the molecule is CCC(CC)(CO)NS(=O)(=O)c1cc(C(N)=O)n(C)c1. The summed E-state index contributed by atoms with van der Waals surface area (Å²) in [5.74, 6) is -0.701. The van der Waals surface area contributed by atoms with Crippen LogP contribution in [0.4, 0.5) is 0 Å². The van der Waals surface area contributed by atoms with Crippen LogP contribution in [-0.4, -0.2) is 36.1 Å². The van der Waals surface area contributed by atoms with Crippen molar-refractivity contribution < 1.29 is 18.3 Å². The Kier molecular flexibility index (Phi) is 4.95. The Hall–Kier alpha value is -1.38. The van der Waals surface area contributed by atoms with Crippen LogP contribution >= 0.6 is 0 Å². The molecule has 0 aliphatic rings. The Labute approximate surface area is 118 Å². The number of aliphatic hydroxyl groups excluding tert-OH is 1. The fourth-order valence-corrected chi connectivity index (χ4v) is 3.53. The second-order valence-electron chi connectivity index (χ2n) is 4.79. The van der Waals surface area contributed by atoms with Crippen LogP contribution in [0.1, 0.15) is 37.2 Å². The normalized spacial score (nSPS) is 12.6. The summed E-state index contributed by atoms with van der Waals surface area (Å²) in [7, 11) is -2.29. The molecule has 1 rings (SSSR count). The lowest BCUT2D eigenvalue weighted by atomic mass is 9.96. The number of hydrogen-bond acceptors (Lipinski definition) is 4. The Bertz CT molecular complexity index is 580. The Morgan fingerprint density at radius 2 is 2.00 bits per heavy atom. The second-order valence-corrected chi connectivity index (χ2v) is 6.47. The number of amides is 1. The van der Waals surface area contributed by atoms with Crippen molar-refractivity contribution in [3.8, 4) is 0 Å². The van der Waals surface area contributed by atoms with Gasteiger partial charge in [-0.3, -0.25) is 4.79 Å². The molecule has 0 atom stereocenters. The number of aryl methyl sites for hydroxylation is 1. The third kappa shape index (κ3) is 3.20. The van der Waals surface area contributed by atoms with Crippen molar-refractivity contribution in [1.82, 2.24) is 9.29 Å². The molecule has 0 aliphatic carbocycles. The smallest absolute Gasteiger partial charge is 0.265 e. The highest BCUT2D eigenvalue weighted by Gasteiger charge is 2.32. The molecule has 20 heavy (non-hydrogen) atoms. The van der Waals surface area contributed by atoms with Crippen LogP contribution in [0.5, 0.6) is 0 Å². The number of nitrogens with two attached hydrogens (primary N) is 1. The first-order valence-electron chi connectivity index (χ1n) is 6.32. The van der Waals surface area contributed by atoms with Crippen molar-refractivity contribution in [3.05, 3.63) is 18.0 Å². The van der Waals surface area contributed by atoms with E-state index in [0.717, 1.165) is 0 Å². The molecule has 0 aliphatic heterocycles. The van der Waals surface area contributed by atoms with Gasteiger partial charge >= 0.3 is 0 Å². The highest BCUT2D eigenvalue weighted by Crippen LogP contribution is 2.20. The monoisotopic (exact) mass is 303 g/mol. The standard InChI is InChI=1S/C12H21N3O4S/c1-4-12(5-2,8-16)14-20(18,19)9-6-10(11(13)17)15(3)7-9/h6-7,14,16H,4-5,8H2,1-3H3,(H2,13,17). The predicted octanol–water partition coefficient (Wildman–Crippen LogP) is -0.0466. The maximum Gasteiger partial charge on any atom is 0.265 e. The minimum absolute atomic E-state index is 0.0477. The van der Waals surface area contributed by atoms with Crippen LogP contribution < -0.4 is 10.5 Å². The van der Waals surface area contributed by atoms with Crippen molar-refractivity contribution in [2.45, 2.75) is 37.1 Å². The first kappa shape index (κ1) is 16.7. The lowest BCUT2D eigenvalue weighted by Gasteiger charge is -2.29. The average Bonchev–Trinajstić information content (AvgIpc) is 2.79. The fourth-order valence-electron chi connectivity index (χ4n) is 1.92. The zero-order valence-electron chi connectivity index (χ0n) is 11.9.